The van der Waals surface area contributed by atoms with Crippen LogP contribution in [0.3, 0.4) is 0 Å². The normalized spacial score (nSPS) is 11.2. The summed E-state index contributed by atoms with van der Waals surface area (Å²) < 4.78 is 1.86. The quantitative estimate of drug-likeness (QED) is 0.367. The summed E-state index contributed by atoms with van der Waals surface area (Å²) in [4.78, 5) is 12.5. The second-order valence-electron chi connectivity index (χ2n) is 7.25. The van der Waals surface area contributed by atoms with Crippen molar-refractivity contribution in [1.82, 2.24) is 25.4 Å². The third kappa shape index (κ3) is 4.30. The Kier molecular flexibility index (Phi) is 5.75. The average Bonchev–Trinajstić information content (AvgIpc) is 3.40. The Balaban J connectivity index is 1.46. The standard InChI is InChI=1S/C24H24N6O/c1-4-18-10-12-19(13-11-18)22-14-23(27-26-22)24(31)28-25-15-21-16(2)29-30(17(21)3)20-8-6-5-7-9-20/h5-15H,4H2,1-3H3,(H,26,27)(H,28,31)/b25-15-. The number of carbonyl (C=O) groups excluding carboxylic acids is 1. The molecule has 0 bridgehead atoms. The highest BCUT2D eigenvalue weighted by Gasteiger charge is 2.13. The van der Waals surface area contributed by atoms with Crippen molar-refractivity contribution in [1.29, 1.82) is 0 Å². The van der Waals surface area contributed by atoms with Crippen LogP contribution in [0.5, 0.6) is 0 Å². The van der Waals surface area contributed by atoms with Crippen molar-refractivity contribution in [2.75, 3.05) is 0 Å². The molecule has 0 radical (unpaired) electrons. The molecule has 0 saturated carbocycles. The third-order valence-electron chi connectivity index (χ3n) is 5.19. The lowest BCUT2D eigenvalue weighted by Crippen LogP contribution is -2.18. The fourth-order valence-corrected chi connectivity index (χ4v) is 3.37. The number of hydrogen-bond acceptors (Lipinski definition) is 4. The SMILES string of the molecule is CCc1ccc(-c2cc(C(=O)N/N=C\c3c(C)nn(-c4ccccc4)c3C)[nH]n2)cc1. The van der Waals surface area contributed by atoms with Crippen LogP contribution in [0.4, 0.5) is 0 Å². The Morgan fingerprint density at radius 1 is 1.13 bits per heavy atom. The summed E-state index contributed by atoms with van der Waals surface area (Å²) in [7, 11) is 0. The molecule has 0 fully saturated rings. The van der Waals surface area contributed by atoms with Gasteiger partial charge in [-0.15, -0.1) is 0 Å². The molecule has 0 saturated heterocycles. The molecule has 156 valence electrons. The van der Waals surface area contributed by atoms with E-state index >= 15 is 0 Å². The van der Waals surface area contributed by atoms with Gasteiger partial charge in [0.05, 0.1) is 29.0 Å². The number of nitrogens with zero attached hydrogens (tertiary/aromatic N) is 4. The van der Waals surface area contributed by atoms with E-state index in [0.29, 0.717) is 11.4 Å². The smallest absolute Gasteiger partial charge is 0.272 e. The molecular weight excluding hydrogens is 388 g/mol. The topological polar surface area (TPSA) is 88.0 Å². The van der Waals surface area contributed by atoms with Gasteiger partial charge in [-0.25, -0.2) is 10.1 Å². The third-order valence-corrected chi connectivity index (χ3v) is 5.19. The number of carbonyl (C=O) groups is 1. The Hall–Kier alpha value is -4.00. The zero-order valence-corrected chi connectivity index (χ0v) is 17.8. The van der Waals surface area contributed by atoms with Gasteiger partial charge in [-0.3, -0.25) is 9.89 Å². The van der Waals surface area contributed by atoms with Crippen LogP contribution in [0.2, 0.25) is 0 Å². The summed E-state index contributed by atoms with van der Waals surface area (Å²) in [5, 5.41) is 15.7. The average molecular weight is 412 g/mol. The monoisotopic (exact) mass is 412 g/mol. The van der Waals surface area contributed by atoms with Crippen LogP contribution in [0.1, 0.15) is 39.9 Å². The lowest BCUT2D eigenvalue weighted by atomic mass is 10.1. The van der Waals surface area contributed by atoms with Gasteiger partial charge in [-0.05, 0) is 44.0 Å². The second kappa shape index (κ2) is 8.79. The fourth-order valence-electron chi connectivity index (χ4n) is 3.37. The molecule has 7 heteroatoms. The molecule has 0 atom stereocenters. The van der Waals surface area contributed by atoms with E-state index in [1.54, 1.807) is 12.3 Å². The van der Waals surface area contributed by atoms with E-state index in [0.717, 1.165) is 34.6 Å². The van der Waals surface area contributed by atoms with Crippen molar-refractivity contribution in [3.05, 3.63) is 88.9 Å². The number of aromatic amines is 1. The molecule has 0 aliphatic carbocycles. The van der Waals surface area contributed by atoms with Gasteiger partial charge in [0.25, 0.3) is 5.91 Å². The van der Waals surface area contributed by atoms with E-state index in [1.165, 1.54) is 5.56 Å². The van der Waals surface area contributed by atoms with Gasteiger partial charge in [0, 0.05) is 11.1 Å². The predicted octanol–water partition coefficient (Wildman–Crippen LogP) is 4.21. The summed E-state index contributed by atoms with van der Waals surface area (Å²) >= 11 is 0. The first-order valence-corrected chi connectivity index (χ1v) is 10.2. The van der Waals surface area contributed by atoms with Crippen molar-refractivity contribution in [3.63, 3.8) is 0 Å². The van der Waals surface area contributed by atoms with E-state index in [1.807, 2.05) is 61.0 Å². The molecule has 1 amide bonds. The molecule has 4 rings (SSSR count). The molecule has 0 unspecified atom stereocenters. The number of hydrogen-bond donors (Lipinski definition) is 2. The van der Waals surface area contributed by atoms with E-state index in [9.17, 15) is 4.79 Å². The van der Waals surface area contributed by atoms with E-state index in [4.69, 9.17) is 0 Å². The molecule has 2 aromatic heterocycles. The summed E-state index contributed by atoms with van der Waals surface area (Å²) in [6.45, 7) is 6.00. The summed E-state index contributed by atoms with van der Waals surface area (Å²) in [5.74, 6) is -0.356. The van der Waals surface area contributed by atoms with Crippen LogP contribution in [0, 0.1) is 13.8 Å². The lowest BCUT2D eigenvalue weighted by molar-refractivity contribution is 0.0950. The van der Waals surface area contributed by atoms with Gasteiger partial charge in [-0.1, -0.05) is 49.4 Å². The van der Waals surface area contributed by atoms with Crippen LogP contribution in [-0.2, 0) is 6.42 Å². The number of benzene rings is 2. The highest BCUT2D eigenvalue weighted by molar-refractivity contribution is 5.94. The van der Waals surface area contributed by atoms with Crippen molar-refractivity contribution in [2.24, 2.45) is 5.10 Å². The maximum absolute atomic E-state index is 12.5. The summed E-state index contributed by atoms with van der Waals surface area (Å²) in [5.41, 5.74) is 9.45. The number of para-hydroxylation sites is 1. The first-order valence-electron chi connectivity index (χ1n) is 10.2. The summed E-state index contributed by atoms with van der Waals surface area (Å²) in [6.07, 6.45) is 2.60. The van der Waals surface area contributed by atoms with E-state index < -0.39 is 0 Å². The zero-order valence-electron chi connectivity index (χ0n) is 17.8. The molecule has 2 aromatic carbocycles. The lowest BCUT2D eigenvalue weighted by Gasteiger charge is -2.03. The number of hydrazone groups is 1. The van der Waals surface area contributed by atoms with E-state index in [-0.39, 0.29) is 5.91 Å². The molecule has 7 nitrogen and oxygen atoms in total. The minimum Gasteiger partial charge on any atom is -0.272 e. The Labute approximate surface area is 180 Å². The maximum atomic E-state index is 12.5. The van der Waals surface area contributed by atoms with Gasteiger partial charge in [0.15, 0.2) is 0 Å². The van der Waals surface area contributed by atoms with Crippen molar-refractivity contribution < 1.29 is 4.79 Å². The number of aryl methyl sites for hydroxylation is 2. The second-order valence-corrected chi connectivity index (χ2v) is 7.25. The first kappa shape index (κ1) is 20.3. The van der Waals surface area contributed by atoms with Gasteiger partial charge in [-0.2, -0.15) is 15.3 Å². The van der Waals surface area contributed by atoms with E-state index in [2.05, 4.69) is 44.9 Å². The van der Waals surface area contributed by atoms with Crippen molar-refractivity contribution in [2.45, 2.75) is 27.2 Å². The van der Waals surface area contributed by atoms with Crippen LogP contribution >= 0.6 is 0 Å². The number of nitrogens with one attached hydrogen (secondary N) is 2. The number of amides is 1. The van der Waals surface area contributed by atoms with Gasteiger partial charge in [0.2, 0.25) is 0 Å². The summed E-state index contributed by atoms with van der Waals surface area (Å²) in [6, 6.07) is 19.7. The first-order chi connectivity index (χ1) is 15.1. The predicted molar refractivity (Wildman–Crippen MR) is 121 cm³/mol. The van der Waals surface area contributed by atoms with Gasteiger partial charge in [0.1, 0.15) is 5.69 Å². The van der Waals surface area contributed by atoms with Gasteiger partial charge >= 0.3 is 0 Å². The molecule has 2 N–H and O–H groups in total. The maximum Gasteiger partial charge on any atom is 0.289 e. The molecule has 0 spiro atoms. The van der Waals surface area contributed by atoms with Crippen molar-refractivity contribution in [3.8, 4) is 16.9 Å². The van der Waals surface area contributed by atoms with Gasteiger partial charge < -0.3 is 0 Å². The zero-order chi connectivity index (χ0) is 21.8. The Morgan fingerprint density at radius 3 is 2.58 bits per heavy atom. The minimum atomic E-state index is -0.356. The van der Waals surface area contributed by atoms with Crippen LogP contribution in [0.15, 0.2) is 65.8 Å². The Morgan fingerprint density at radius 2 is 1.87 bits per heavy atom. The Bertz CT molecular complexity index is 1220. The number of rotatable bonds is 6. The fraction of sp³-hybridized carbons (Fsp3) is 0.167. The highest BCUT2D eigenvalue weighted by Crippen LogP contribution is 2.19. The molecule has 0 aliphatic rings. The van der Waals surface area contributed by atoms with Crippen LogP contribution < -0.4 is 5.43 Å². The van der Waals surface area contributed by atoms with Crippen LogP contribution in [0.25, 0.3) is 16.9 Å². The number of aromatic nitrogens is 4. The number of H-pyrrole nitrogens is 1. The molecule has 2 heterocycles. The largest absolute Gasteiger partial charge is 0.289 e. The molecule has 4 aromatic rings. The molecule has 31 heavy (non-hydrogen) atoms. The minimum absolute atomic E-state index is 0.347. The highest BCUT2D eigenvalue weighted by atomic mass is 16.2. The van der Waals surface area contributed by atoms with Crippen molar-refractivity contribution >= 4 is 12.1 Å². The molecule has 0 aliphatic heterocycles. The molecular formula is C24H24N6O. The van der Waals surface area contributed by atoms with Crippen LogP contribution in [-0.4, -0.2) is 32.1 Å².